The maximum absolute atomic E-state index is 2.26. The van der Waals surface area contributed by atoms with Gasteiger partial charge in [0.15, 0.2) is 0 Å². The van der Waals surface area contributed by atoms with Gasteiger partial charge in [-0.25, -0.2) is 0 Å². The van der Waals surface area contributed by atoms with Gasteiger partial charge in [-0.3, -0.25) is 0 Å². The summed E-state index contributed by atoms with van der Waals surface area (Å²) in [4.78, 5) is 0. The summed E-state index contributed by atoms with van der Waals surface area (Å²) in [5.41, 5.74) is 1.41. The molecule has 2 aromatic carbocycles. The van der Waals surface area contributed by atoms with Crippen LogP contribution in [0.25, 0.3) is 10.8 Å². The average molecular weight is 246 g/mol. The van der Waals surface area contributed by atoms with Crippen molar-refractivity contribution in [3.05, 3.63) is 48.0 Å². The van der Waals surface area contributed by atoms with Crippen LogP contribution >= 0.6 is 0 Å². The number of rotatable bonds is 1. The van der Waals surface area contributed by atoms with E-state index in [1.54, 1.807) is 0 Å². The molecule has 2 aromatic rings. The maximum Gasteiger partial charge on any atom is -0.0181 e. The van der Waals surface area contributed by atoms with E-state index in [9.17, 15) is 0 Å². The number of hydrogen-bond donors (Lipinski definition) is 0. The topological polar surface area (TPSA) is 0 Å². The van der Waals surface area contributed by atoms with E-state index >= 15 is 0 Å². The van der Waals surface area contributed by atoms with Gasteiger partial charge in [-0.1, -0.05) is 90.9 Å². The predicted octanol–water partition coefficient (Wildman–Crippen LogP) is 6.48. The Labute approximate surface area is 114 Å². The first-order valence-electron chi connectivity index (χ1n) is 7.38. The van der Waals surface area contributed by atoms with Crippen molar-refractivity contribution in [2.45, 2.75) is 54.9 Å². The highest BCUT2D eigenvalue weighted by Gasteiger charge is 1.92. The summed E-state index contributed by atoms with van der Waals surface area (Å²) in [5, 5.41) is 2.67. The van der Waals surface area contributed by atoms with E-state index in [0.717, 1.165) is 6.42 Å². The monoisotopic (exact) mass is 246 g/mol. The maximum atomic E-state index is 2.26. The minimum Gasteiger partial charge on any atom is -0.0683 e. The standard InChI is InChI=1S/C12H12.3C2H6/c1-2-10-7-8-11-5-3-4-6-12(11)9-10;3*1-2/h3-9H,2H2,1H3;3*1-2H3. The van der Waals surface area contributed by atoms with E-state index in [1.807, 2.05) is 41.5 Å². The molecule has 0 heterocycles. The molecule has 0 aliphatic heterocycles. The quantitative estimate of drug-likeness (QED) is 0.540. The van der Waals surface area contributed by atoms with E-state index in [1.165, 1.54) is 16.3 Å². The van der Waals surface area contributed by atoms with Gasteiger partial charge in [-0.05, 0) is 22.8 Å². The first-order valence-corrected chi connectivity index (χ1v) is 7.38. The van der Waals surface area contributed by atoms with Gasteiger partial charge in [0.2, 0.25) is 0 Å². The molecule has 0 saturated heterocycles. The van der Waals surface area contributed by atoms with Crippen LogP contribution in [0.2, 0.25) is 0 Å². The third kappa shape index (κ3) is 6.44. The Morgan fingerprint density at radius 1 is 0.667 bits per heavy atom. The van der Waals surface area contributed by atoms with Crippen molar-refractivity contribution < 1.29 is 0 Å². The second-order valence-electron chi connectivity index (χ2n) is 3.04. The zero-order valence-electron chi connectivity index (χ0n) is 13.2. The Balaban J connectivity index is 0. The molecule has 0 aliphatic carbocycles. The molecule has 0 aliphatic rings. The van der Waals surface area contributed by atoms with Crippen LogP contribution in [0.4, 0.5) is 0 Å². The van der Waals surface area contributed by atoms with Crippen molar-refractivity contribution in [3.8, 4) is 0 Å². The van der Waals surface area contributed by atoms with E-state index in [4.69, 9.17) is 0 Å². The van der Waals surface area contributed by atoms with Gasteiger partial charge >= 0.3 is 0 Å². The lowest BCUT2D eigenvalue weighted by Gasteiger charge is -1.99. The van der Waals surface area contributed by atoms with Crippen molar-refractivity contribution in [1.82, 2.24) is 0 Å². The molecule has 0 fully saturated rings. The zero-order chi connectivity index (χ0) is 14.4. The Morgan fingerprint density at radius 2 is 1.17 bits per heavy atom. The second kappa shape index (κ2) is 13.8. The average Bonchev–Trinajstić information content (AvgIpc) is 2.52. The van der Waals surface area contributed by atoms with Gasteiger partial charge in [-0.15, -0.1) is 0 Å². The molecule has 0 bridgehead atoms. The smallest absolute Gasteiger partial charge is 0.0181 e. The van der Waals surface area contributed by atoms with Crippen molar-refractivity contribution in [2.24, 2.45) is 0 Å². The largest absolute Gasteiger partial charge is 0.0683 e. The third-order valence-electron chi connectivity index (χ3n) is 2.22. The van der Waals surface area contributed by atoms with Crippen LogP contribution in [-0.4, -0.2) is 0 Å². The summed E-state index contributed by atoms with van der Waals surface area (Å²) < 4.78 is 0. The minimum atomic E-state index is 1.12. The molecule has 0 atom stereocenters. The summed E-state index contributed by atoms with van der Waals surface area (Å²) in [7, 11) is 0. The Hall–Kier alpha value is -1.30. The SMILES string of the molecule is CC.CC.CC.CCc1ccc2ccccc2c1. The molecule has 0 spiro atoms. The van der Waals surface area contributed by atoms with Crippen LogP contribution < -0.4 is 0 Å². The van der Waals surface area contributed by atoms with Crippen molar-refractivity contribution >= 4 is 10.8 Å². The lowest BCUT2D eigenvalue weighted by molar-refractivity contribution is 1.15. The van der Waals surface area contributed by atoms with Crippen LogP contribution in [0.5, 0.6) is 0 Å². The van der Waals surface area contributed by atoms with Crippen molar-refractivity contribution in [1.29, 1.82) is 0 Å². The predicted molar refractivity (Wildman–Crippen MR) is 87.4 cm³/mol. The molecular formula is C18H30. The van der Waals surface area contributed by atoms with Crippen LogP contribution in [0.3, 0.4) is 0 Å². The van der Waals surface area contributed by atoms with Gasteiger partial charge in [0.05, 0.1) is 0 Å². The highest BCUT2D eigenvalue weighted by atomic mass is 14.0. The van der Waals surface area contributed by atoms with Crippen LogP contribution in [0.1, 0.15) is 54.0 Å². The Morgan fingerprint density at radius 3 is 1.67 bits per heavy atom. The van der Waals surface area contributed by atoms with E-state index in [2.05, 4.69) is 49.4 Å². The highest BCUT2D eigenvalue weighted by molar-refractivity contribution is 5.82. The van der Waals surface area contributed by atoms with Crippen LogP contribution in [0, 0.1) is 0 Å². The fraction of sp³-hybridized carbons (Fsp3) is 0.444. The molecule has 0 heteroatoms. The summed E-state index contributed by atoms with van der Waals surface area (Å²) in [6.07, 6.45) is 1.12. The number of aryl methyl sites for hydroxylation is 1. The molecule has 0 unspecified atom stereocenters. The Bertz CT molecular complexity index is 388. The van der Waals surface area contributed by atoms with Crippen molar-refractivity contribution in [3.63, 3.8) is 0 Å². The van der Waals surface area contributed by atoms with E-state index in [-0.39, 0.29) is 0 Å². The van der Waals surface area contributed by atoms with Crippen LogP contribution in [0.15, 0.2) is 42.5 Å². The third-order valence-corrected chi connectivity index (χ3v) is 2.22. The molecule has 18 heavy (non-hydrogen) atoms. The summed E-state index contributed by atoms with van der Waals surface area (Å²) in [5.74, 6) is 0. The lowest BCUT2D eigenvalue weighted by atomic mass is 10.1. The first-order chi connectivity index (χ1) is 8.90. The first kappa shape index (κ1) is 19.0. The summed E-state index contributed by atoms with van der Waals surface area (Å²) in [6.45, 7) is 14.2. The summed E-state index contributed by atoms with van der Waals surface area (Å²) in [6, 6.07) is 15.1. The number of benzene rings is 2. The Kier molecular flexibility index (Phi) is 14.6. The molecule has 0 saturated carbocycles. The van der Waals surface area contributed by atoms with Gasteiger partial charge in [0.1, 0.15) is 0 Å². The van der Waals surface area contributed by atoms with E-state index < -0.39 is 0 Å². The minimum absolute atomic E-state index is 1.12. The second-order valence-corrected chi connectivity index (χ2v) is 3.04. The van der Waals surface area contributed by atoms with Gasteiger partial charge in [-0.2, -0.15) is 0 Å². The molecule has 2 rings (SSSR count). The summed E-state index contributed by atoms with van der Waals surface area (Å²) >= 11 is 0. The molecule has 0 N–H and O–H groups in total. The molecular weight excluding hydrogens is 216 g/mol. The number of hydrogen-bond acceptors (Lipinski definition) is 0. The highest BCUT2D eigenvalue weighted by Crippen LogP contribution is 2.15. The normalized spacial score (nSPS) is 7.94. The molecule has 0 amide bonds. The lowest BCUT2D eigenvalue weighted by Crippen LogP contribution is -1.79. The fourth-order valence-electron chi connectivity index (χ4n) is 1.46. The van der Waals surface area contributed by atoms with Crippen LogP contribution in [-0.2, 0) is 6.42 Å². The molecule has 0 nitrogen and oxygen atoms in total. The van der Waals surface area contributed by atoms with Crippen molar-refractivity contribution in [2.75, 3.05) is 0 Å². The number of fused-ring (bicyclic) bond motifs is 1. The molecule has 0 aromatic heterocycles. The molecule has 102 valence electrons. The van der Waals surface area contributed by atoms with Gasteiger partial charge in [0, 0.05) is 0 Å². The zero-order valence-corrected chi connectivity index (χ0v) is 13.2. The molecule has 0 radical (unpaired) electrons. The van der Waals surface area contributed by atoms with Gasteiger partial charge < -0.3 is 0 Å². The van der Waals surface area contributed by atoms with Gasteiger partial charge in [0.25, 0.3) is 0 Å². The fourth-order valence-corrected chi connectivity index (χ4v) is 1.46. The van der Waals surface area contributed by atoms with E-state index in [0.29, 0.717) is 0 Å².